The number of hydrogen-bond acceptors (Lipinski definition) is 2. The topological polar surface area (TPSA) is 61.4 Å². The van der Waals surface area contributed by atoms with Crippen molar-refractivity contribution < 1.29 is 9.90 Å². The summed E-state index contributed by atoms with van der Waals surface area (Å²) < 4.78 is 0. The van der Waals surface area contributed by atoms with Crippen LogP contribution in [0.1, 0.15) is 12.5 Å². The van der Waals surface area contributed by atoms with Crippen molar-refractivity contribution in [3.05, 3.63) is 66.2 Å². The van der Waals surface area contributed by atoms with Crippen LogP contribution in [0.3, 0.4) is 0 Å². The first-order chi connectivity index (χ1) is 9.58. The molecule has 0 saturated heterocycles. The van der Waals surface area contributed by atoms with Crippen molar-refractivity contribution in [1.29, 1.82) is 0 Å². The maximum Gasteiger partial charge on any atom is 0.319 e. The Balaban J connectivity index is 1.90. The molecule has 1 unspecified atom stereocenters. The fourth-order valence-corrected chi connectivity index (χ4v) is 1.85. The van der Waals surface area contributed by atoms with Crippen molar-refractivity contribution in [3.63, 3.8) is 0 Å². The number of urea groups is 1. The minimum Gasteiger partial charge on any atom is -0.384 e. The van der Waals surface area contributed by atoms with Crippen LogP contribution in [0.25, 0.3) is 0 Å². The maximum absolute atomic E-state index is 11.8. The van der Waals surface area contributed by atoms with Gasteiger partial charge in [0, 0.05) is 5.69 Å². The molecule has 0 fully saturated rings. The molecule has 0 aliphatic rings. The second-order valence-corrected chi connectivity index (χ2v) is 4.81. The zero-order valence-corrected chi connectivity index (χ0v) is 11.3. The van der Waals surface area contributed by atoms with Crippen LogP contribution in [0.2, 0.25) is 0 Å². The number of carbonyl (C=O) groups is 1. The standard InChI is InChI=1S/C16H18N2O2/c1-16(20,13-8-4-2-5-9-13)12-17-15(19)18-14-10-6-3-7-11-14/h2-11,20H,12H2,1H3,(H2,17,18,19). The van der Waals surface area contributed by atoms with Gasteiger partial charge >= 0.3 is 6.03 Å². The number of aliphatic hydroxyl groups is 1. The predicted octanol–water partition coefficient (Wildman–Crippen LogP) is 2.72. The van der Waals surface area contributed by atoms with Crippen LogP contribution in [0.5, 0.6) is 0 Å². The zero-order valence-electron chi connectivity index (χ0n) is 11.3. The fraction of sp³-hybridized carbons (Fsp3) is 0.188. The lowest BCUT2D eigenvalue weighted by atomic mass is 9.96. The largest absolute Gasteiger partial charge is 0.384 e. The molecule has 0 aromatic heterocycles. The summed E-state index contributed by atoms with van der Waals surface area (Å²) in [5.41, 5.74) is 0.374. The lowest BCUT2D eigenvalue weighted by molar-refractivity contribution is 0.0599. The predicted molar refractivity (Wildman–Crippen MR) is 79.5 cm³/mol. The Morgan fingerprint density at radius 2 is 1.60 bits per heavy atom. The van der Waals surface area contributed by atoms with Crippen molar-refractivity contribution in [3.8, 4) is 0 Å². The van der Waals surface area contributed by atoms with Crippen LogP contribution < -0.4 is 10.6 Å². The third-order valence-electron chi connectivity index (χ3n) is 3.02. The molecule has 104 valence electrons. The Hall–Kier alpha value is -2.33. The third-order valence-corrected chi connectivity index (χ3v) is 3.02. The molecular formula is C16H18N2O2. The molecule has 1 atom stereocenters. The van der Waals surface area contributed by atoms with Crippen LogP contribution in [0, 0.1) is 0 Å². The Labute approximate surface area is 118 Å². The van der Waals surface area contributed by atoms with E-state index in [1.807, 2.05) is 48.5 Å². The average Bonchev–Trinajstić information content (AvgIpc) is 2.47. The van der Waals surface area contributed by atoms with E-state index in [1.165, 1.54) is 0 Å². The number of nitrogens with one attached hydrogen (secondary N) is 2. The summed E-state index contributed by atoms with van der Waals surface area (Å²) in [5, 5.41) is 15.7. The van der Waals surface area contributed by atoms with E-state index in [9.17, 15) is 9.90 Å². The summed E-state index contributed by atoms with van der Waals surface area (Å²) in [6, 6.07) is 18.1. The van der Waals surface area contributed by atoms with Gasteiger partial charge in [0.05, 0.1) is 6.54 Å². The van der Waals surface area contributed by atoms with E-state index in [1.54, 1.807) is 19.1 Å². The highest BCUT2D eigenvalue weighted by molar-refractivity contribution is 5.89. The Morgan fingerprint density at radius 1 is 1.05 bits per heavy atom. The molecule has 0 heterocycles. The van der Waals surface area contributed by atoms with Crippen molar-refractivity contribution in [2.45, 2.75) is 12.5 Å². The summed E-state index contributed by atoms with van der Waals surface area (Å²) in [6.45, 7) is 1.81. The molecule has 0 radical (unpaired) electrons. The first-order valence-electron chi connectivity index (χ1n) is 6.46. The summed E-state index contributed by atoms with van der Waals surface area (Å²) in [4.78, 5) is 11.8. The minimum absolute atomic E-state index is 0.135. The normalized spacial score (nSPS) is 13.3. The number of anilines is 1. The molecule has 2 amide bonds. The van der Waals surface area contributed by atoms with Gasteiger partial charge < -0.3 is 15.7 Å². The smallest absolute Gasteiger partial charge is 0.319 e. The first-order valence-corrected chi connectivity index (χ1v) is 6.46. The summed E-state index contributed by atoms with van der Waals surface area (Å²) in [6.07, 6.45) is 0. The molecule has 0 spiro atoms. The van der Waals surface area contributed by atoms with E-state index in [4.69, 9.17) is 0 Å². The molecule has 0 bridgehead atoms. The van der Waals surface area contributed by atoms with Crippen LogP contribution in [0.4, 0.5) is 10.5 Å². The van der Waals surface area contributed by atoms with Crippen LogP contribution in [-0.4, -0.2) is 17.7 Å². The van der Waals surface area contributed by atoms with Gasteiger partial charge in [0.2, 0.25) is 0 Å². The molecule has 2 rings (SSSR count). The van der Waals surface area contributed by atoms with Gasteiger partial charge in [-0.3, -0.25) is 0 Å². The summed E-state index contributed by atoms with van der Waals surface area (Å²) in [5.74, 6) is 0. The molecule has 0 saturated carbocycles. The van der Waals surface area contributed by atoms with Gasteiger partial charge in [-0.1, -0.05) is 48.5 Å². The average molecular weight is 270 g/mol. The third kappa shape index (κ3) is 3.83. The van der Waals surface area contributed by atoms with E-state index in [2.05, 4.69) is 10.6 Å². The zero-order chi connectivity index (χ0) is 14.4. The molecule has 0 aliphatic heterocycles. The van der Waals surface area contributed by atoms with Crippen molar-refractivity contribution in [2.75, 3.05) is 11.9 Å². The molecule has 4 nitrogen and oxygen atoms in total. The summed E-state index contributed by atoms with van der Waals surface area (Å²) >= 11 is 0. The second-order valence-electron chi connectivity index (χ2n) is 4.81. The number of para-hydroxylation sites is 1. The molecular weight excluding hydrogens is 252 g/mol. The highest BCUT2D eigenvalue weighted by atomic mass is 16.3. The molecule has 2 aromatic rings. The molecule has 20 heavy (non-hydrogen) atoms. The van der Waals surface area contributed by atoms with Crippen LogP contribution in [0.15, 0.2) is 60.7 Å². The molecule has 4 heteroatoms. The highest BCUT2D eigenvalue weighted by Crippen LogP contribution is 2.18. The Bertz CT molecular complexity index is 553. The van der Waals surface area contributed by atoms with Gasteiger partial charge in [-0.05, 0) is 24.6 Å². The van der Waals surface area contributed by atoms with E-state index < -0.39 is 5.60 Å². The lowest BCUT2D eigenvalue weighted by Gasteiger charge is -2.24. The second kappa shape index (κ2) is 6.21. The maximum atomic E-state index is 11.8. The van der Waals surface area contributed by atoms with Crippen molar-refractivity contribution in [1.82, 2.24) is 5.32 Å². The van der Waals surface area contributed by atoms with E-state index >= 15 is 0 Å². The molecule has 3 N–H and O–H groups in total. The first kappa shape index (κ1) is 14.1. The van der Waals surface area contributed by atoms with Gasteiger partial charge in [-0.25, -0.2) is 4.79 Å². The van der Waals surface area contributed by atoms with Gasteiger partial charge in [0.1, 0.15) is 5.60 Å². The number of rotatable bonds is 4. The molecule has 0 aliphatic carbocycles. The van der Waals surface area contributed by atoms with E-state index in [0.717, 1.165) is 5.56 Å². The van der Waals surface area contributed by atoms with Gasteiger partial charge in [0.25, 0.3) is 0 Å². The van der Waals surface area contributed by atoms with E-state index in [-0.39, 0.29) is 12.6 Å². The highest BCUT2D eigenvalue weighted by Gasteiger charge is 2.23. The monoisotopic (exact) mass is 270 g/mol. The van der Waals surface area contributed by atoms with Crippen LogP contribution >= 0.6 is 0 Å². The number of hydrogen-bond donors (Lipinski definition) is 3. The number of carbonyl (C=O) groups excluding carboxylic acids is 1. The van der Waals surface area contributed by atoms with Gasteiger partial charge in [-0.15, -0.1) is 0 Å². The van der Waals surface area contributed by atoms with E-state index in [0.29, 0.717) is 5.69 Å². The Kier molecular flexibility index (Phi) is 4.38. The summed E-state index contributed by atoms with van der Waals surface area (Å²) in [7, 11) is 0. The quantitative estimate of drug-likeness (QED) is 0.800. The van der Waals surface area contributed by atoms with Crippen LogP contribution in [-0.2, 0) is 5.60 Å². The van der Waals surface area contributed by atoms with Gasteiger partial charge in [0.15, 0.2) is 0 Å². The van der Waals surface area contributed by atoms with Gasteiger partial charge in [-0.2, -0.15) is 0 Å². The number of amides is 2. The lowest BCUT2D eigenvalue weighted by Crippen LogP contribution is -2.40. The molecule has 2 aromatic carbocycles. The fourth-order valence-electron chi connectivity index (χ4n) is 1.85. The Morgan fingerprint density at radius 3 is 2.20 bits per heavy atom. The number of benzene rings is 2. The van der Waals surface area contributed by atoms with Crippen molar-refractivity contribution in [2.24, 2.45) is 0 Å². The minimum atomic E-state index is -1.10. The van der Waals surface area contributed by atoms with Crippen molar-refractivity contribution >= 4 is 11.7 Å². The SMILES string of the molecule is CC(O)(CNC(=O)Nc1ccccc1)c1ccccc1.